The zero-order chi connectivity index (χ0) is 21.7. The average Bonchev–Trinajstić information content (AvgIpc) is 3.19. The molecule has 0 aliphatic carbocycles. The van der Waals surface area contributed by atoms with Gasteiger partial charge in [-0.2, -0.15) is 4.31 Å². The highest BCUT2D eigenvalue weighted by molar-refractivity contribution is 7.89. The number of aromatic nitrogens is 1. The summed E-state index contributed by atoms with van der Waals surface area (Å²) in [6.45, 7) is 6.33. The zero-order valence-electron chi connectivity index (χ0n) is 17.4. The average molecular weight is 436 g/mol. The molecule has 0 atom stereocenters. The first-order chi connectivity index (χ1) is 14.1. The largest absolute Gasteiger partial charge is 0.361 e. The van der Waals surface area contributed by atoms with Crippen LogP contribution in [0.25, 0.3) is 0 Å². The number of piperidine rings is 1. The summed E-state index contributed by atoms with van der Waals surface area (Å²) in [6.07, 6.45) is 2.33. The van der Waals surface area contributed by atoms with Crippen LogP contribution in [-0.4, -0.2) is 47.3 Å². The Kier molecular flexibility index (Phi) is 5.22. The van der Waals surface area contributed by atoms with Gasteiger partial charge >= 0.3 is 0 Å². The molecule has 1 aromatic carbocycles. The summed E-state index contributed by atoms with van der Waals surface area (Å²) in [5.41, 5.74) is 1.64. The molecule has 0 radical (unpaired) electrons. The third-order valence-corrected chi connectivity index (χ3v) is 8.49. The summed E-state index contributed by atoms with van der Waals surface area (Å²) >= 11 is 0. The van der Waals surface area contributed by atoms with E-state index in [2.05, 4.69) is 5.16 Å². The Balaban J connectivity index is 1.53. The van der Waals surface area contributed by atoms with Crippen molar-refractivity contribution < 1.29 is 22.1 Å². The van der Waals surface area contributed by atoms with Crippen molar-refractivity contribution in [1.82, 2.24) is 14.4 Å². The maximum Gasteiger partial charge on any atom is 0.243 e. The molecule has 162 valence electrons. The number of carbonyl (C=O) groups is 1. The maximum absolute atomic E-state index is 13.6. The Morgan fingerprint density at radius 2 is 1.87 bits per heavy atom. The summed E-state index contributed by atoms with van der Waals surface area (Å²) in [7, 11) is -3.70. The molecule has 2 saturated heterocycles. The van der Waals surface area contributed by atoms with Gasteiger partial charge in [0.25, 0.3) is 0 Å². The highest BCUT2D eigenvalue weighted by Gasteiger charge is 2.48. The molecule has 2 aliphatic heterocycles. The molecule has 0 saturated carbocycles. The lowest BCUT2D eigenvalue weighted by Crippen LogP contribution is -2.53. The van der Waals surface area contributed by atoms with E-state index in [1.165, 1.54) is 22.5 Å². The second-order valence-electron chi connectivity index (χ2n) is 8.32. The van der Waals surface area contributed by atoms with Crippen molar-refractivity contribution in [3.05, 3.63) is 46.6 Å². The fourth-order valence-corrected chi connectivity index (χ4v) is 6.13. The van der Waals surface area contributed by atoms with Gasteiger partial charge in [-0.15, -0.1) is 0 Å². The molecule has 0 N–H and O–H groups in total. The molecule has 9 heteroatoms. The van der Waals surface area contributed by atoms with E-state index in [1.807, 2.05) is 18.7 Å². The highest BCUT2D eigenvalue weighted by Crippen LogP contribution is 2.41. The van der Waals surface area contributed by atoms with Gasteiger partial charge in [0.2, 0.25) is 15.9 Å². The van der Waals surface area contributed by atoms with Gasteiger partial charge in [-0.05, 0) is 63.8 Å². The quantitative estimate of drug-likeness (QED) is 0.737. The SMILES string of the molecule is Cc1cc(S(=O)(=O)N2CCC3(CCC(=O)N3Cc3c(C)noc3C)CC2)ccc1F. The fraction of sp³-hybridized carbons (Fsp3) is 0.524. The van der Waals surface area contributed by atoms with Crippen LogP contribution in [0.2, 0.25) is 0 Å². The van der Waals surface area contributed by atoms with Crippen LogP contribution in [0.5, 0.6) is 0 Å². The van der Waals surface area contributed by atoms with E-state index in [0.29, 0.717) is 50.2 Å². The van der Waals surface area contributed by atoms with Crippen LogP contribution in [0.3, 0.4) is 0 Å². The van der Waals surface area contributed by atoms with E-state index in [1.54, 1.807) is 6.92 Å². The Labute approximate surface area is 175 Å². The van der Waals surface area contributed by atoms with Gasteiger partial charge < -0.3 is 9.42 Å². The molecular weight excluding hydrogens is 409 g/mol. The molecule has 30 heavy (non-hydrogen) atoms. The van der Waals surface area contributed by atoms with Gasteiger partial charge in [0.15, 0.2) is 0 Å². The molecule has 1 aromatic heterocycles. The van der Waals surface area contributed by atoms with Crippen molar-refractivity contribution in [2.45, 2.75) is 63.4 Å². The van der Waals surface area contributed by atoms with Crippen molar-refractivity contribution in [3.63, 3.8) is 0 Å². The number of amides is 1. The number of nitrogens with zero attached hydrogens (tertiary/aromatic N) is 3. The van der Waals surface area contributed by atoms with Gasteiger partial charge in [0, 0.05) is 30.6 Å². The standard InChI is InChI=1S/C21H26FN3O4S/c1-14-12-17(4-5-19(14)22)30(27,28)24-10-8-21(9-11-24)7-6-20(26)25(21)13-18-15(2)23-29-16(18)3/h4-5,12H,6-11,13H2,1-3H3. The van der Waals surface area contributed by atoms with E-state index in [9.17, 15) is 17.6 Å². The van der Waals surface area contributed by atoms with Gasteiger partial charge in [-0.3, -0.25) is 4.79 Å². The minimum atomic E-state index is -3.70. The Morgan fingerprint density at radius 3 is 2.47 bits per heavy atom. The Hall–Kier alpha value is -2.26. The number of likely N-dealkylation sites (tertiary alicyclic amines) is 1. The van der Waals surface area contributed by atoms with Crippen molar-refractivity contribution in [2.75, 3.05) is 13.1 Å². The monoisotopic (exact) mass is 435 g/mol. The summed E-state index contributed by atoms with van der Waals surface area (Å²) in [6, 6.07) is 3.87. The van der Waals surface area contributed by atoms with E-state index in [0.717, 1.165) is 17.7 Å². The minimum absolute atomic E-state index is 0.0838. The second-order valence-corrected chi connectivity index (χ2v) is 10.3. The number of sulfonamides is 1. The van der Waals surface area contributed by atoms with Crippen LogP contribution in [0.15, 0.2) is 27.6 Å². The third-order valence-electron chi connectivity index (χ3n) is 6.60. The number of aryl methyl sites for hydroxylation is 3. The molecule has 4 rings (SSSR count). The third kappa shape index (κ3) is 3.43. The Bertz CT molecular complexity index is 1070. The number of rotatable bonds is 4. The van der Waals surface area contributed by atoms with Crippen LogP contribution < -0.4 is 0 Å². The number of carbonyl (C=O) groups excluding carboxylic acids is 1. The van der Waals surface area contributed by atoms with Crippen molar-refractivity contribution in [3.8, 4) is 0 Å². The molecule has 7 nitrogen and oxygen atoms in total. The van der Waals surface area contributed by atoms with E-state index in [4.69, 9.17) is 4.52 Å². The molecule has 2 aromatic rings. The lowest BCUT2D eigenvalue weighted by atomic mass is 9.85. The molecule has 0 unspecified atom stereocenters. The molecular formula is C21H26FN3O4S. The topological polar surface area (TPSA) is 83.7 Å². The second kappa shape index (κ2) is 7.46. The van der Waals surface area contributed by atoms with Gasteiger partial charge in [0.05, 0.1) is 17.1 Å². The normalized spacial score (nSPS) is 19.7. The number of hydrogen-bond donors (Lipinski definition) is 0. The van der Waals surface area contributed by atoms with Crippen molar-refractivity contribution in [2.24, 2.45) is 0 Å². The lowest BCUT2D eigenvalue weighted by molar-refractivity contribution is -0.133. The fourth-order valence-electron chi connectivity index (χ4n) is 4.61. The van der Waals surface area contributed by atoms with Crippen LogP contribution in [0, 0.1) is 26.6 Å². The van der Waals surface area contributed by atoms with E-state index >= 15 is 0 Å². The number of benzene rings is 1. The minimum Gasteiger partial charge on any atom is -0.361 e. The van der Waals surface area contributed by atoms with E-state index in [-0.39, 0.29) is 16.3 Å². The molecule has 1 amide bonds. The maximum atomic E-state index is 13.6. The summed E-state index contributed by atoms with van der Waals surface area (Å²) in [5, 5.41) is 3.98. The number of hydrogen-bond acceptors (Lipinski definition) is 5. The van der Waals surface area contributed by atoms with Gasteiger partial charge in [-0.25, -0.2) is 12.8 Å². The lowest BCUT2D eigenvalue weighted by Gasteiger charge is -2.44. The first kappa shape index (κ1) is 21.0. The molecule has 2 aliphatic rings. The van der Waals surface area contributed by atoms with Crippen molar-refractivity contribution in [1.29, 1.82) is 0 Å². The van der Waals surface area contributed by atoms with Crippen LogP contribution >= 0.6 is 0 Å². The summed E-state index contributed by atoms with van der Waals surface area (Å²) < 4.78 is 46.3. The zero-order valence-corrected chi connectivity index (χ0v) is 18.3. The van der Waals surface area contributed by atoms with E-state index < -0.39 is 15.8 Å². The van der Waals surface area contributed by atoms with Crippen molar-refractivity contribution >= 4 is 15.9 Å². The first-order valence-corrected chi connectivity index (χ1v) is 11.6. The van der Waals surface area contributed by atoms with Crippen LogP contribution in [0.4, 0.5) is 4.39 Å². The molecule has 3 heterocycles. The van der Waals surface area contributed by atoms with Crippen LogP contribution in [-0.2, 0) is 21.4 Å². The summed E-state index contributed by atoms with van der Waals surface area (Å²) in [4.78, 5) is 14.7. The molecule has 1 spiro atoms. The summed E-state index contributed by atoms with van der Waals surface area (Å²) in [5.74, 6) is 0.362. The molecule has 0 bridgehead atoms. The van der Waals surface area contributed by atoms with Gasteiger partial charge in [-0.1, -0.05) is 5.16 Å². The molecule has 2 fully saturated rings. The predicted molar refractivity (Wildman–Crippen MR) is 108 cm³/mol. The smallest absolute Gasteiger partial charge is 0.243 e. The number of halogens is 1. The Morgan fingerprint density at radius 1 is 1.17 bits per heavy atom. The van der Waals surface area contributed by atoms with Crippen LogP contribution in [0.1, 0.15) is 48.3 Å². The highest BCUT2D eigenvalue weighted by atomic mass is 32.2. The predicted octanol–water partition coefficient (Wildman–Crippen LogP) is 3.08. The first-order valence-electron chi connectivity index (χ1n) is 10.1. The van der Waals surface area contributed by atoms with Gasteiger partial charge in [0.1, 0.15) is 11.6 Å².